The molecule has 2 atom stereocenters. The van der Waals surface area contributed by atoms with E-state index in [1.54, 1.807) is 13.1 Å². The molecule has 0 heterocycles. The fraction of sp³-hybridized carbons (Fsp3) is 0.263. The van der Waals surface area contributed by atoms with E-state index in [4.69, 9.17) is 0 Å². The molecule has 0 spiro atoms. The van der Waals surface area contributed by atoms with Gasteiger partial charge in [0.15, 0.2) is 12.6 Å². The highest BCUT2D eigenvalue weighted by atomic mass is 19.4. The molecule has 0 fully saturated rings. The summed E-state index contributed by atoms with van der Waals surface area (Å²) in [5.74, 6) is -1.80. The molecular weight excluding hydrogens is 378 g/mol. The minimum Gasteiger partial charge on any atom is -0.321 e. The van der Waals surface area contributed by atoms with Gasteiger partial charge in [-0.2, -0.15) is 13.2 Å². The highest BCUT2D eigenvalue weighted by molar-refractivity contribution is 5.95. The monoisotopic (exact) mass is 398 g/mol. The van der Waals surface area contributed by atoms with Crippen molar-refractivity contribution < 1.29 is 32.1 Å². The van der Waals surface area contributed by atoms with Gasteiger partial charge in [-0.05, 0) is 31.2 Å². The molecule has 0 aliphatic rings. The number of likely N-dealkylation sites (N-methyl/N-ethyl adjacent to an activating group) is 1. The van der Waals surface area contributed by atoms with Crippen LogP contribution in [0.25, 0.3) is 0 Å². The fourth-order valence-electron chi connectivity index (χ4n) is 2.47. The number of carbonyl (C=O) groups is 2. The van der Waals surface area contributed by atoms with Crippen LogP contribution < -0.4 is 15.5 Å². The Morgan fingerprint density at radius 3 is 2.18 bits per heavy atom. The summed E-state index contributed by atoms with van der Waals surface area (Å²) in [4.78, 5) is 24.8. The van der Waals surface area contributed by atoms with E-state index < -0.39 is 35.4 Å². The third kappa shape index (κ3) is 5.53. The normalized spacial score (nSPS) is 13.5. The summed E-state index contributed by atoms with van der Waals surface area (Å²) in [5, 5.41) is 4.66. The third-order valence-corrected chi connectivity index (χ3v) is 4.21. The van der Waals surface area contributed by atoms with Gasteiger partial charge in [0.05, 0.1) is 24.0 Å². The first-order valence-corrected chi connectivity index (χ1v) is 8.43. The van der Waals surface area contributed by atoms with Crippen molar-refractivity contribution in [1.82, 2.24) is 0 Å². The average Bonchev–Trinajstić information content (AvgIpc) is 2.62. The topological polar surface area (TPSA) is 62.6 Å². The first-order valence-electron chi connectivity index (χ1n) is 8.43. The second kappa shape index (κ2) is 8.83. The Labute approximate surface area is 159 Å². The number of halogens is 4. The molecule has 0 radical (unpaired) electrons. The van der Waals surface area contributed by atoms with Crippen LogP contribution >= 0.6 is 0 Å². The van der Waals surface area contributed by atoms with Crippen molar-refractivity contribution in [3.05, 3.63) is 59.9 Å². The molecule has 1 unspecified atom stereocenters. The van der Waals surface area contributed by atoms with E-state index >= 15 is 0 Å². The second-order valence-electron chi connectivity index (χ2n) is 6.31. The lowest BCUT2D eigenvalue weighted by molar-refractivity contribution is -0.885. The highest BCUT2D eigenvalue weighted by Gasteiger charge is 2.34. The number of anilines is 2. The summed E-state index contributed by atoms with van der Waals surface area (Å²) in [6, 6.07) is 9.53. The number of carbonyl (C=O) groups excluding carboxylic acids is 2. The molecule has 0 saturated heterocycles. The number of hydrogen-bond acceptors (Lipinski definition) is 2. The van der Waals surface area contributed by atoms with Crippen LogP contribution in [0.1, 0.15) is 12.5 Å². The summed E-state index contributed by atoms with van der Waals surface area (Å²) in [7, 11) is 1.54. The molecule has 3 N–H and O–H groups in total. The van der Waals surface area contributed by atoms with Gasteiger partial charge < -0.3 is 15.5 Å². The Bertz CT molecular complexity index is 855. The van der Waals surface area contributed by atoms with Crippen molar-refractivity contribution in [1.29, 1.82) is 0 Å². The Morgan fingerprint density at radius 2 is 1.57 bits per heavy atom. The van der Waals surface area contributed by atoms with E-state index in [0.717, 1.165) is 12.1 Å². The molecule has 150 valence electrons. The number of benzene rings is 2. The Kier molecular flexibility index (Phi) is 6.74. The number of amides is 2. The average molecular weight is 398 g/mol. The van der Waals surface area contributed by atoms with Gasteiger partial charge in [-0.3, -0.25) is 9.59 Å². The standard InChI is InChI=1S/C19H19F4N3O2/c1-12(18(28)25-16-10-6-4-8-14(16)20)26(2)11-17(27)24-15-9-5-3-7-13(15)19(21,22)23/h3-10,12H,11H2,1-2H3,(H,24,27)(H,25,28)/p+1/t12-/m1/s1. The summed E-state index contributed by atoms with van der Waals surface area (Å²) in [6.45, 7) is 1.28. The number of rotatable bonds is 6. The summed E-state index contributed by atoms with van der Waals surface area (Å²) in [6.07, 6.45) is -4.60. The zero-order valence-electron chi connectivity index (χ0n) is 15.2. The SMILES string of the molecule is C[C@H](C(=O)Nc1ccccc1F)[NH+](C)CC(=O)Nc1ccccc1C(F)(F)F. The van der Waals surface area contributed by atoms with Crippen LogP contribution in [0.15, 0.2) is 48.5 Å². The zero-order chi connectivity index (χ0) is 20.9. The summed E-state index contributed by atoms with van der Waals surface area (Å²) in [5.41, 5.74) is -1.29. The van der Waals surface area contributed by atoms with Crippen molar-refractivity contribution in [2.75, 3.05) is 24.2 Å². The first kappa shape index (κ1) is 21.4. The number of alkyl halides is 3. The molecule has 0 aliphatic heterocycles. The molecule has 0 aromatic heterocycles. The summed E-state index contributed by atoms with van der Waals surface area (Å²) < 4.78 is 52.6. The van der Waals surface area contributed by atoms with Crippen LogP contribution in [0.4, 0.5) is 28.9 Å². The lowest BCUT2D eigenvalue weighted by atomic mass is 10.1. The van der Waals surface area contributed by atoms with Crippen molar-refractivity contribution in [3.63, 3.8) is 0 Å². The van der Waals surface area contributed by atoms with Crippen LogP contribution in [0, 0.1) is 5.82 Å². The molecule has 5 nitrogen and oxygen atoms in total. The Balaban J connectivity index is 1.99. The maximum absolute atomic E-state index is 13.6. The quantitative estimate of drug-likeness (QED) is 0.654. The van der Waals surface area contributed by atoms with Gasteiger partial charge in [0.2, 0.25) is 0 Å². The van der Waals surface area contributed by atoms with Crippen LogP contribution in [0.5, 0.6) is 0 Å². The van der Waals surface area contributed by atoms with E-state index in [0.29, 0.717) is 4.90 Å². The third-order valence-electron chi connectivity index (χ3n) is 4.21. The maximum Gasteiger partial charge on any atom is 0.418 e. The van der Waals surface area contributed by atoms with E-state index in [1.165, 1.54) is 37.3 Å². The van der Waals surface area contributed by atoms with E-state index in [9.17, 15) is 27.2 Å². The molecule has 2 aromatic rings. The molecule has 28 heavy (non-hydrogen) atoms. The van der Waals surface area contributed by atoms with Gasteiger partial charge in [0, 0.05) is 0 Å². The predicted octanol–water partition coefficient (Wildman–Crippen LogP) is 2.32. The van der Waals surface area contributed by atoms with E-state index in [2.05, 4.69) is 10.6 Å². The second-order valence-corrected chi connectivity index (χ2v) is 6.31. The van der Waals surface area contributed by atoms with Gasteiger partial charge in [-0.25, -0.2) is 4.39 Å². The molecule has 0 bridgehead atoms. The van der Waals surface area contributed by atoms with Crippen LogP contribution in [0.2, 0.25) is 0 Å². The molecule has 0 aliphatic carbocycles. The Hall–Kier alpha value is -2.94. The van der Waals surface area contributed by atoms with Gasteiger partial charge in [0.1, 0.15) is 5.82 Å². The Morgan fingerprint density at radius 1 is 1.00 bits per heavy atom. The van der Waals surface area contributed by atoms with Crippen molar-refractivity contribution in [2.45, 2.75) is 19.1 Å². The molecule has 2 amide bonds. The lowest BCUT2D eigenvalue weighted by Crippen LogP contribution is -3.14. The molecule has 2 aromatic carbocycles. The number of para-hydroxylation sites is 2. The fourth-order valence-corrected chi connectivity index (χ4v) is 2.47. The maximum atomic E-state index is 13.6. The number of hydrogen-bond donors (Lipinski definition) is 3. The number of quaternary nitrogens is 1. The van der Waals surface area contributed by atoms with E-state index in [1.807, 2.05) is 0 Å². The van der Waals surface area contributed by atoms with Gasteiger partial charge in [-0.15, -0.1) is 0 Å². The molecule has 0 saturated carbocycles. The molecule has 2 rings (SSSR count). The summed E-state index contributed by atoms with van der Waals surface area (Å²) >= 11 is 0. The molecule has 9 heteroatoms. The van der Waals surface area contributed by atoms with Gasteiger partial charge in [-0.1, -0.05) is 24.3 Å². The zero-order valence-corrected chi connectivity index (χ0v) is 15.2. The van der Waals surface area contributed by atoms with Crippen LogP contribution in [-0.2, 0) is 15.8 Å². The predicted molar refractivity (Wildman–Crippen MR) is 96.3 cm³/mol. The highest BCUT2D eigenvalue weighted by Crippen LogP contribution is 2.34. The number of nitrogens with one attached hydrogen (secondary N) is 3. The van der Waals surface area contributed by atoms with Crippen molar-refractivity contribution in [2.24, 2.45) is 0 Å². The largest absolute Gasteiger partial charge is 0.418 e. The molecular formula is C19H20F4N3O2+. The minimum atomic E-state index is -4.60. The van der Waals surface area contributed by atoms with Crippen LogP contribution in [-0.4, -0.2) is 31.4 Å². The van der Waals surface area contributed by atoms with E-state index in [-0.39, 0.29) is 17.9 Å². The lowest BCUT2D eigenvalue weighted by Gasteiger charge is -2.21. The van der Waals surface area contributed by atoms with Crippen molar-refractivity contribution in [3.8, 4) is 0 Å². The van der Waals surface area contributed by atoms with Crippen molar-refractivity contribution >= 4 is 23.2 Å². The smallest absolute Gasteiger partial charge is 0.321 e. The minimum absolute atomic E-state index is 0.00991. The van der Waals surface area contributed by atoms with Crippen LogP contribution in [0.3, 0.4) is 0 Å². The van der Waals surface area contributed by atoms with Gasteiger partial charge in [0.25, 0.3) is 11.8 Å². The van der Waals surface area contributed by atoms with Gasteiger partial charge >= 0.3 is 6.18 Å². The first-order chi connectivity index (χ1) is 13.1.